The van der Waals surface area contributed by atoms with Crippen LogP contribution in [0.2, 0.25) is 0 Å². The molecule has 18 heavy (non-hydrogen) atoms. The third-order valence-electron chi connectivity index (χ3n) is 2.44. The summed E-state index contributed by atoms with van der Waals surface area (Å²) in [7, 11) is 0. The maximum atomic E-state index is 11.0. The first kappa shape index (κ1) is 12.6. The molecule has 0 fully saturated rings. The zero-order valence-corrected chi connectivity index (χ0v) is 10.9. The van der Waals surface area contributed by atoms with Gasteiger partial charge in [-0.15, -0.1) is 0 Å². The average Bonchev–Trinajstić information content (AvgIpc) is 2.31. The number of aryl methyl sites for hydroxylation is 2. The molecule has 0 aliphatic rings. The summed E-state index contributed by atoms with van der Waals surface area (Å²) in [5.74, 6) is -0.909. The van der Waals surface area contributed by atoms with E-state index in [1.165, 1.54) is 18.1 Å². The van der Waals surface area contributed by atoms with Crippen molar-refractivity contribution in [3.05, 3.63) is 47.4 Å². The maximum absolute atomic E-state index is 11.0. The van der Waals surface area contributed by atoms with E-state index in [1.54, 1.807) is 19.1 Å². The highest BCUT2D eigenvalue weighted by Crippen LogP contribution is 2.27. The third-order valence-corrected chi connectivity index (χ3v) is 3.36. The quantitative estimate of drug-likeness (QED) is 0.860. The molecule has 1 aromatic carbocycles. The number of rotatable bonds is 3. The molecule has 0 atom stereocenters. The second-order valence-electron chi connectivity index (χ2n) is 3.88. The lowest BCUT2D eigenvalue weighted by atomic mass is 10.1. The van der Waals surface area contributed by atoms with Gasteiger partial charge in [0.25, 0.3) is 0 Å². The Morgan fingerprint density at radius 1 is 1.22 bits per heavy atom. The molecule has 4 nitrogen and oxygen atoms in total. The van der Waals surface area contributed by atoms with E-state index in [9.17, 15) is 4.79 Å². The summed E-state index contributed by atoms with van der Waals surface area (Å²) in [5, 5.41) is 9.87. The summed E-state index contributed by atoms with van der Waals surface area (Å²) in [6.07, 6.45) is 1.50. The van der Waals surface area contributed by atoms with Crippen molar-refractivity contribution < 1.29 is 9.90 Å². The second-order valence-corrected chi connectivity index (χ2v) is 4.98. The van der Waals surface area contributed by atoms with Gasteiger partial charge in [0.15, 0.2) is 0 Å². The lowest BCUT2D eigenvalue weighted by molar-refractivity contribution is 0.0696. The van der Waals surface area contributed by atoms with Crippen LogP contribution < -0.4 is 0 Å². The first-order chi connectivity index (χ1) is 8.56. The van der Waals surface area contributed by atoms with Gasteiger partial charge >= 0.3 is 5.97 Å². The van der Waals surface area contributed by atoms with E-state index in [0.29, 0.717) is 5.56 Å². The Morgan fingerprint density at radius 3 is 2.67 bits per heavy atom. The number of carboxylic acid groups (broad SMARTS) is 1. The highest BCUT2D eigenvalue weighted by atomic mass is 32.2. The average molecular weight is 260 g/mol. The van der Waals surface area contributed by atoms with Crippen LogP contribution in [0, 0.1) is 13.8 Å². The molecule has 0 aliphatic heterocycles. The molecule has 0 amide bonds. The Kier molecular flexibility index (Phi) is 3.62. The van der Waals surface area contributed by atoms with Gasteiger partial charge in [0, 0.05) is 10.6 Å². The van der Waals surface area contributed by atoms with Crippen molar-refractivity contribution in [3.8, 4) is 0 Å². The van der Waals surface area contributed by atoms with Crippen LogP contribution in [-0.4, -0.2) is 21.0 Å². The van der Waals surface area contributed by atoms with Crippen molar-refractivity contribution in [2.45, 2.75) is 23.8 Å². The van der Waals surface area contributed by atoms with Gasteiger partial charge in [0.05, 0.1) is 5.56 Å². The van der Waals surface area contributed by atoms with Crippen LogP contribution in [0.3, 0.4) is 0 Å². The Hall–Kier alpha value is -1.88. The SMILES string of the molecule is Cc1cc(Sc2ccc(C)c(C(=O)O)c2)ncn1. The van der Waals surface area contributed by atoms with E-state index in [2.05, 4.69) is 9.97 Å². The van der Waals surface area contributed by atoms with E-state index >= 15 is 0 Å². The Morgan fingerprint density at radius 2 is 2.00 bits per heavy atom. The van der Waals surface area contributed by atoms with Crippen molar-refractivity contribution in [2.24, 2.45) is 0 Å². The van der Waals surface area contributed by atoms with Gasteiger partial charge in [-0.2, -0.15) is 0 Å². The molecule has 0 radical (unpaired) electrons. The van der Waals surface area contributed by atoms with Gasteiger partial charge in [-0.05, 0) is 37.6 Å². The van der Waals surface area contributed by atoms with Crippen LogP contribution in [0.1, 0.15) is 21.6 Å². The third kappa shape index (κ3) is 2.87. The fourth-order valence-electron chi connectivity index (χ4n) is 1.50. The van der Waals surface area contributed by atoms with Crippen LogP contribution in [0.25, 0.3) is 0 Å². The summed E-state index contributed by atoms with van der Waals surface area (Å²) >= 11 is 1.43. The molecule has 1 heterocycles. The number of hydrogen-bond acceptors (Lipinski definition) is 4. The van der Waals surface area contributed by atoms with E-state index in [4.69, 9.17) is 5.11 Å². The van der Waals surface area contributed by atoms with Gasteiger partial charge in [-0.25, -0.2) is 14.8 Å². The molecule has 2 rings (SSSR count). The summed E-state index contributed by atoms with van der Waals surface area (Å²) in [6.45, 7) is 3.68. The molecule has 0 saturated carbocycles. The van der Waals surface area contributed by atoms with Gasteiger partial charge in [-0.3, -0.25) is 0 Å². The Bertz CT molecular complexity index is 599. The first-order valence-corrected chi connectivity index (χ1v) is 6.18. The van der Waals surface area contributed by atoms with E-state index in [0.717, 1.165) is 21.2 Å². The predicted octanol–water partition coefficient (Wildman–Crippen LogP) is 2.94. The van der Waals surface area contributed by atoms with E-state index < -0.39 is 5.97 Å². The molecular weight excluding hydrogens is 248 g/mol. The summed E-state index contributed by atoms with van der Waals surface area (Å²) in [6, 6.07) is 7.23. The zero-order chi connectivity index (χ0) is 13.1. The minimum Gasteiger partial charge on any atom is -0.478 e. The predicted molar refractivity (Wildman–Crippen MR) is 69.0 cm³/mol. The molecule has 0 aliphatic carbocycles. The van der Waals surface area contributed by atoms with E-state index in [1.807, 2.05) is 19.1 Å². The summed E-state index contributed by atoms with van der Waals surface area (Å²) in [4.78, 5) is 20.1. The van der Waals surface area contributed by atoms with Crippen molar-refractivity contribution in [1.29, 1.82) is 0 Å². The van der Waals surface area contributed by atoms with Gasteiger partial charge in [-0.1, -0.05) is 17.8 Å². The summed E-state index contributed by atoms with van der Waals surface area (Å²) < 4.78 is 0. The van der Waals surface area contributed by atoms with E-state index in [-0.39, 0.29) is 0 Å². The van der Waals surface area contributed by atoms with Gasteiger partial charge < -0.3 is 5.11 Å². The molecule has 0 saturated heterocycles. The highest BCUT2D eigenvalue weighted by Gasteiger charge is 2.09. The molecule has 2 aromatic rings. The van der Waals surface area contributed by atoms with Crippen molar-refractivity contribution in [3.63, 3.8) is 0 Å². The lowest BCUT2D eigenvalue weighted by Crippen LogP contribution is -1.99. The van der Waals surface area contributed by atoms with Crippen LogP contribution in [-0.2, 0) is 0 Å². The zero-order valence-electron chi connectivity index (χ0n) is 10.0. The largest absolute Gasteiger partial charge is 0.478 e. The fraction of sp³-hybridized carbons (Fsp3) is 0.154. The number of hydrogen-bond donors (Lipinski definition) is 1. The molecule has 5 heteroatoms. The molecule has 0 spiro atoms. The number of benzene rings is 1. The smallest absolute Gasteiger partial charge is 0.335 e. The van der Waals surface area contributed by atoms with Gasteiger partial charge in [0.2, 0.25) is 0 Å². The highest BCUT2D eigenvalue weighted by molar-refractivity contribution is 7.99. The number of aromatic nitrogens is 2. The lowest BCUT2D eigenvalue weighted by Gasteiger charge is -2.05. The summed E-state index contributed by atoms with van der Waals surface area (Å²) in [5.41, 5.74) is 1.97. The molecule has 0 bridgehead atoms. The minimum absolute atomic E-state index is 0.325. The molecule has 1 aromatic heterocycles. The number of carboxylic acids is 1. The Balaban J connectivity index is 2.30. The van der Waals surface area contributed by atoms with Crippen LogP contribution in [0.15, 0.2) is 40.5 Å². The van der Waals surface area contributed by atoms with Gasteiger partial charge in [0.1, 0.15) is 11.4 Å². The molecule has 92 valence electrons. The van der Waals surface area contributed by atoms with Crippen LogP contribution in [0.5, 0.6) is 0 Å². The number of aromatic carboxylic acids is 1. The minimum atomic E-state index is -0.909. The monoisotopic (exact) mass is 260 g/mol. The molecule has 0 unspecified atom stereocenters. The van der Waals surface area contributed by atoms with Crippen molar-refractivity contribution in [2.75, 3.05) is 0 Å². The second kappa shape index (κ2) is 5.18. The number of nitrogens with zero attached hydrogens (tertiary/aromatic N) is 2. The normalized spacial score (nSPS) is 10.3. The maximum Gasteiger partial charge on any atom is 0.335 e. The van der Waals surface area contributed by atoms with Crippen LogP contribution >= 0.6 is 11.8 Å². The van der Waals surface area contributed by atoms with Crippen LogP contribution in [0.4, 0.5) is 0 Å². The molecular formula is C13H12N2O2S. The first-order valence-electron chi connectivity index (χ1n) is 5.36. The van der Waals surface area contributed by atoms with Crippen molar-refractivity contribution >= 4 is 17.7 Å². The topological polar surface area (TPSA) is 63.1 Å². The number of carbonyl (C=O) groups is 1. The fourth-order valence-corrected chi connectivity index (χ4v) is 2.39. The molecule has 1 N–H and O–H groups in total. The Labute approximate surface area is 109 Å². The standard InChI is InChI=1S/C13H12N2O2S/c1-8-3-4-10(6-11(8)13(16)17)18-12-5-9(2)14-7-15-12/h3-7H,1-2H3,(H,16,17). The van der Waals surface area contributed by atoms with Crippen molar-refractivity contribution in [1.82, 2.24) is 9.97 Å².